The number of rotatable bonds is 6. The van der Waals surface area contributed by atoms with Crippen LogP contribution in [0.4, 0.5) is 0 Å². The number of benzene rings is 2. The van der Waals surface area contributed by atoms with Gasteiger partial charge in [0.05, 0.1) is 12.7 Å². The van der Waals surface area contributed by atoms with E-state index < -0.39 is 0 Å². The van der Waals surface area contributed by atoms with Gasteiger partial charge in [-0.3, -0.25) is 4.90 Å². The molecule has 0 atom stereocenters. The number of ether oxygens (including phenoxy) is 1. The van der Waals surface area contributed by atoms with Gasteiger partial charge in [0.25, 0.3) is 0 Å². The zero-order valence-electron chi connectivity index (χ0n) is 18.4. The Kier molecular flexibility index (Phi) is 6.38. The van der Waals surface area contributed by atoms with E-state index in [-0.39, 0.29) is 5.54 Å². The Morgan fingerprint density at radius 2 is 1.38 bits per heavy atom. The molecule has 1 aliphatic heterocycles. The van der Waals surface area contributed by atoms with Gasteiger partial charge >= 0.3 is 0 Å². The minimum Gasteiger partial charge on any atom is -0.374 e. The van der Waals surface area contributed by atoms with Gasteiger partial charge in [0, 0.05) is 31.7 Å². The molecule has 0 unspecified atom stereocenters. The molecule has 1 aliphatic carbocycles. The molecule has 3 heteroatoms. The van der Waals surface area contributed by atoms with E-state index in [9.17, 15) is 0 Å². The highest BCUT2D eigenvalue weighted by Gasteiger charge is 2.30. The smallest absolute Gasteiger partial charge is 0.0720 e. The average molecular weight is 393 g/mol. The average Bonchev–Trinajstić information content (AvgIpc) is 3.27. The quantitative estimate of drug-likeness (QED) is 0.664. The van der Waals surface area contributed by atoms with Crippen LogP contribution in [-0.4, -0.2) is 49.1 Å². The molecule has 1 saturated carbocycles. The molecule has 156 valence electrons. The molecule has 2 aromatic rings. The minimum absolute atomic E-state index is 0.0707. The Balaban J connectivity index is 1.39. The summed E-state index contributed by atoms with van der Waals surface area (Å²) in [6.07, 6.45) is 5.59. The first-order chi connectivity index (χ1) is 14.0. The summed E-state index contributed by atoms with van der Waals surface area (Å²) in [5.41, 5.74) is 5.30. The molecule has 0 radical (unpaired) electrons. The van der Waals surface area contributed by atoms with E-state index >= 15 is 0 Å². The first kappa shape index (κ1) is 20.6. The van der Waals surface area contributed by atoms with E-state index in [4.69, 9.17) is 4.74 Å². The van der Waals surface area contributed by atoms with Gasteiger partial charge in [-0.25, -0.2) is 0 Å². The van der Waals surface area contributed by atoms with Crippen LogP contribution >= 0.6 is 0 Å². The fourth-order valence-corrected chi connectivity index (χ4v) is 4.68. The lowest BCUT2D eigenvalue weighted by Gasteiger charge is -2.43. The monoisotopic (exact) mass is 392 g/mol. The van der Waals surface area contributed by atoms with Crippen LogP contribution in [0.2, 0.25) is 0 Å². The van der Waals surface area contributed by atoms with Crippen molar-refractivity contribution in [3.8, 4) is 11.1 Å². The number of nitrogens with zero attached hydrogens (tertiary/aromatic N) is 2. The van der Waals surface area contributed by atoms with E-state index in [1.54, 1.807) is 0 Å². The van der Waals surface area contributed by atoms with Gasteiger partial charge in [-0.15, -0.1) is 0 Å². The highest BCUT2D eigenvalue weighted by atomic mass is 16.5. The van der Waals surface area contributed by atoms with Gasteiger partial charge in [0.1, 0.15) is 0 Å². The third-order valence-electron chi connectivity index (χ3n) is 6.96. The molecular formula is C26H36N2O. The number of piperazine rings is 1. The first-order valence-corrected chi connectivity index (χ1v) is 11.3. The number of hydrogen-bond acceptors (Lipinski definition) is 3. The molecule has 0 spiro atoms. The molecule has 4 rings (SSSR count). The van der Waals surface area contributed by atoms with Crippen molar-refractivity contribution >= 4 is 0 Å². The number of likely N-dealkylation sites (N-methyl/N-ethyl adjacent to an activating group) is 1. The minimum atomic E-state index is 0.0707. The Hall–Kier alpha value is -1.68. The lowest BCUT2D eigenvalue weighted by atomic mass is 9.90. The molecule has 0 N–H and O–H groups in total. The zero-order chi connectivity index (χ0) is 20.3. The van der Waals surface area contributed by atoms with Gasteiger partial charge in [-0.1, -0.05) is 61.4 Å². The summed E-state index contributed by atoms with van der Waals surface area (Å²) < 4.78 is 6.04. The lowest BCUT2D eigenvalue weighted by Crippen LogP contribution is -2.52. The molecule has 2 aromatic carbocycles. The summed E-state index contributed by atoms with van der Waals surface area (Å²) in [4.78, 5) is 5.03. The highest BCUT2D eigenvalue weighted by Crippen LogP contribution is 2.31. The van der Waals surface area contributed by atoms with Gasteiger partial charge in [-0.2, -0.15) is 0 Å². The summed E-state index contributed by atoms with van der Waals surface area (Å²) >= 11 is 0. The van der Waals surface area contributed by atoms with Gasteiger partial charge in [-0.05, 0) is 56.0 Å². The molecule has 1 heterocycles. The topological polar surface area (TPSA) is 15.7 Å². The van der Waals surface area contributed by atoms with E-state index in [0.717, 1.165) is 32.8 Å². The van der Waals surface area contributed by atoms with E-state index in [1.165, 1.54) is 47.9 Å². The second kappa shape index (κ2) is 8.99. The van der Waals surface area contributed by atoms with Crippen LogP contribution in [0.3, 0.4) is 0 Å². The molecule has 29 heavy (non-hydrogen) atoms. The predicted molar refractivity (Wildman–Crippen MR) is 121 cm³/mol. The maximum atomic E-state index is 6.04. The molecule has 0 bridgehead atoms. The van der Waals surface area contributed by atoms with Gasteiger partial charge in [0.2, 0.25) is 0 Å². The molecule has 3 nitrogen and oxygen atoms in total. The second-order valence-electron chi connectivity index (χ2n) is 9.34. The third kappa shape index (κ3) is 4.91. The fourth-order valence-electron chi connectivity index (χ4n) is 4.68. The molecule has 0 amide bonds. The van der Waals surface area contributed by atoms with E-state index in [2.05, 4.69) is 79.2 Å². The summed E-state index contributed by atoms with van der Waals surface area (Å²) in [6, 6.07) is 18.1. The molecule has 0 aromatic heterocycles. The second-order valence-corrected chi connectivity index (χ2v) is 9.34. The summed E-state index contributed by atoms with van der Waals surface area (Å²) in [6.45, 7) is 10.0. The van der Waals surface area contributed by atoms with Crippen molar-refractivity contribution in [1.29, 1.82) is 0 Å². The van der Waals surface area contributed by atoms with Crippen molar-refractivity contribution in [3.05, 3.63) is 59.7 Å². The van der Waals surface area contributed by atoms with Crippen molar-refractivity contribution < 1.29 is 4.74 Å². The molecule has 1 saturated heterocycles. The standard InChI is InChI=1S/C26H36N2O/c1-26(2,28-18-16-27(3)17-19-28)24-14-12-23(13-15-24)22-10-8-21(9-11-22)20-29-25-6-4-5-7-25/h8-15,25H,4-7,16-20H2,1-3H3. The normalized spacial score (nSPS) is 19.7. The Morgan fingerprint density at radius 3 is 1.97 bits per heavy atom. The summed E-state index contributed by atoms with van der Waals surface area (Å²) in [7, 11) is 2.21. The molecule has 2 fully saturated rings. The summed E-state index contributed by atoms with van der Waals surface area (Å²) in [5.74, 6) is 0. The van der Waals surface area contributed by atoms with Crippen molar-refractivity contribution in [3.63, 3.8) is 0 Å². The highest BCUT2D eigenvalue weighted by molar-refractivity contribution is 5.64. The van der Waals surface area contributed by atoms with Crippen LogP contribution in [-0.2, 0) is 16.9 Å². The first-order valence-electron chi connectivity index (χ1n) is 11.3. The van der Waals surface area contributed by atoms with Gasteiger partial charge < -0.3 is 9.64 Å². The predicted octanol–water partition coefficient (Wildman–Crippen LogP) is 5.30. The van der Waals surface area contributed by atoms with Crippen LogP contribution < -0.4 is 0 Å². The van der Waals surface area contributed by atoms with Crippen molar-refractivity contribution in [2.75, 3.05) is 33.2 Å². The number of hydrogen-bond donors (Lipinski definition) is 0. The van der Waals surface area contributed by atoms with Crippen LogP contribution in [0, 0.1) is 0 Å². The van der Waals surface area contributed by atoms with Crippen molar-refractivity contribution in [2.24, 2.45) is 0 Å². The zero-order valence-corrected chi connectivity index (χ0v) is 18.4. The van der Waals surface area contributed by atoms with Gasteiger partial charge in [0.15, 0.2) is 0 Å². The Labute approximate surface area is 176 Å². The largest absolute Gasteiger partial charge is 0.374 e. The Morgan fingerprint density at radius 1 is 0.828 bits per heavy atom. The maximum Gasteiger partial charge on any atom is 0.0720 e. The van der Waals surface area contributed by atoms with Crippen LogP contribution in [0.15, 0.2) is 48.5 Å². The summed E-state index contributed by atoms with van der Waals surface area (Å²) in [5, 5.41) is 0. The lowest BCUT2D eigenvalue weighted by molar-refractivity contribution is 0.0457. The van der Waals surface area contributed by atoms with Crippen molar-refractivity contribution in [1.82, 2.24) is 9.80 Å². The van der Waals surface area contributed by atoms with Crippen LogP contribution in [0.5, 0.6) is 0 Å². The fraction of sp³-hybridized carbons (Fsp3) is 0.538. The van der Waals surface area contributed by atoms with Crippen molar-refractivity contribution in [2.45, 2.75) is 57.8 Å². The van der Waals surface area contributed by atoms with Crippen LogP contribution in [0.25, 0.3) is 11.1 Å². The maximum absolute atomic E-state index is 6.04. The van der Waals surface area contributed by atoms with E-state index in [0.29, 0.717) is 6.10 Å². The third-order valence-corrected chi connectivity index (χ3v) is 6.96. The Bertz CT molecular complexity index is 767. The molecule has 2 aliphatic rings. The van der Waals surface area contributed by atoms with Crippen LogP contribution in [0.1, 0.15) is 50.7 Å². The SMILES string of the molecule is CN1CCN(C(C)(C)c2ccc(-c3ccc(COC4CCCC4)cc3)cc2)CC1. The molecular weight excluding hydrogens is 356 g/mol. The van der Waals surface area contributed by atoms with E-state index in [1.807, 2.05) is 0 Å².